The van der Waals surface area contributed by atoms with E-state index in [0.29, 0.717) is 17.5 Å². The summed E-state index contributed by atoms with van der Waals surface area (Å²) in [6.07, 6.45) is 9.81. The maximum Gasteiger partial charge on any atom is 0.122 e. The molecular formula is C19H30N6. The highest BCUT2D eigenvalue weighted by molar-refractivity contribution is 5.13. The van der Waals surface area contributed by atoms with Crippen LogP contribution in [-0.2, 0) is 20.1 Å². The quantitative estimate of drug-likeness (QED) is 0.875. The lowest BCUT2D eigenvalue weighted by Gasteiger charge is -2.29. The lowest BCUT2D eigenvalue weighted by atomic mass is 9.93. The highest BCUT2D eigenvalue weighted by atomic mass is 15.3. The van der Waals surface area contributed by atoms with Gasteiger partial charge in [-0.1, -0.05) is 0 Å². The average Bonchev–Trinajstić information content (AvgIpc) is 2.94. The summed E-state index contributed by atoms with van der Waals surface area (Å²) < 4.78 is 4.30. The standard InChI is InChI=1S/C19H30N6/c1-15(2)25-16(4-7-22-25)13-24(14-18-21-10-11-23(18)3)17-12-19(17)5-8-20-9-6-19/h4,7,10-11,15,17,20H,5-6,8-9,12-14H2,1-3H3. The Morgan fingerprint density at radius 3 is 2.76 bits per heavy atom. The van der Waals surface area contributed by atoms with Crippen molar-refractivity contribution in [2.24, 2.45) is 12.5 Å². The fourth-order valence-electron chi connectivity index (χ4n) is 4.45. The molecular weight excluding hydrogens is 312 g/mol. The van der Waals surface area contributed by atoms with Gasteiger partial charge in [0, 0.05) is 44.3 Å². The van der Waals surface area contributed by atoms with Gasteiger partial charge in [-0.15, -0.1) is 0 Å². The molecule has 1 aliphatic heterocycles. The monoisotopic (exact) mass is 342 g/mol. The van der Waals surface area contributed by atoms with Crippen molar-refractivity contribution in [3.05, 3.63) is 36.2 Å². The number of piperidine rings is 1. The Hall–Kier alpha value is -1.66. The van der Waals surface area contributed by atoms with Crippen LogP contribution in [0.3, 0.4) is 0 Å². The molecule has 1 spiro atoms. The Labute approximate surface area is 150 Å². The first-order valence-corrected chi connectivity index (χ1v) is 9.52. The summed E-state index contributed by atoms with van der Waals surface area (Å²) in [4.78, 5) is 7.22. The van der Waals surface area contributed by atoms with Crippen molar-refractivity contribution in [2.45, 2.75) is 58.3 Å². The molecule has 136 valence electrons. The van der Waals surface area contributed by atoms with E-state index >= 15 is 0 Å². The number of nitrogens with zero attached hydrogens (tertiary/aromatic N) is 5. The van der Waals surface area contributed by atoms with Crippen molar-refractivity contribution >= 4 is 0 Å². The topological polar surface area (TPSA) is 50.9 Å². The van der Waals surface area contributed by atoms with Crippen molar-refractivity contribution in [1.29, 1.82) is 0 Å². The summed E-state index contributed by atoms with van der Waals surface area (Å²) in [6, 6.07) is 3.23. The van der Waals surface area contributed by atoms with Crippen molar-refractivity contribution in [2.75, 3.05) is 13.1 Å². The molecule has 2 aliphatic rings. The second kappa shape index (κ2) is 6.57. The van der Waals surface area contributed by atoms with Gasteiger partial charge in [0.15, 0.2) is 0 Å². The van der Waals surface area contributed by atoms with Gasteiger partial charge >= 0.3 is 0 Å². The summed E-state index contributed by atoms with van der Waals surface area (Å²) in [5, 5.41) is 8.04. The zero-order valence-corrected chi connectivity index (χ0v) is 15.6. The molecule has 2 fully saturated rings. The number of nitrogens with one attached hydrogen (secondary N) is 1. The van der Waals surface area contributed by atoms with Gasteiger partial charge in [-0.2, -0.15) is 5.10 Å². The van der Waals surface area contributed by atoms with Gasteiger partial charge in [0.2, 0.25) is 0 Å². The van der Waals surface area contributed by atoms with E-state index in [-0.39, 0.29) is 0 Å². The molecule has 1 saturated heterocycles. The highest BCUT2D eigenvalue weighted by Crippen LogP contribution is 2.56. The molecule has 1 saturated carbocycles. The zero-order chi connectivity index (χ0) is 17.4. The molecule has 25 heavy (non-hydrogen) atoms. The Morgan fingerprint density at radius 2 is 2.08 bits per heavy atom. The maximum absolute atomic E-state index is 4.57. The SMILES string of the molecule is CC(C)n1nccc1CN(Cc1nccn1C)C1CC12CCNCC2. The Kier molecular flexibility index (Phi) is 4.41. The molecule has 0 amide bonds. The molecule has 2 aromatic heterocycles. The van der Waals surface area contributed by atoms with Crippen LogP contribution >= 0.6 is 0 Å². The first-order valence-electron chi connectivity index (χ1n) is 9.52. The molecule has 1 aliphatic carbocycles. The number of aromatic nitrogens is 4. The van der Waals surface area contributed by atoms with Crippen molar-refractivity contribution in [3.63, 3.8) is 0 Å². The molecule has 4 rings (SSSR count). The van der Waals surface area contributed by atoms with Crippen molar-refractivity contribution in [3.8, 4) is 0 Å². The van der Waals surface area contributed by atoms with Crippen LogP contribution in [0.25, 0.3) is 0 Å². The summed E-state index contributed by atoms with van der Waals surface area (Å²) in [7, 11) is 2.09. The second-order valence-corrected chi connectivity index (χ2v) is 8.05. The first-order chi connectivity index (χ1) is 12.1. The normalized spacial score (nSPS) is 22.2. The Bertz CT molecular complexity index is 709. The predicted octanol–water partition coefficient (Wildman–Crippen LogP) is 2.34. The van der Waals surface area contributed by atoms with Crippen LogP contribution < -0.4 is 5.32 Å². The van der Waals surface area contributed by atoms with E-state index in [2.05, 4.69) is 56.5 Å². The fraction of sp³-hybridized carbons (Fsp3) is 0.684. The van der Waals surface area contributed by atoms with Gasteiger partial charge in [-0.25, -0.2) is 4.98 Å². The largest absolute Gasteiger partial charge is 0.337 e. The minimum atomic E-state index is 0.395. The van der Waals surface area contributed by atoms with E-state index in [9.17, 15) is 0 Å². The molecule has 0 aromatic carbocycles. The number of aryl methyl sites for hydroxylation is 1. The van der Waals surface area contributed by atoms with E-state index < -0.39 is 0 Å². The van der Waals surface area contributed by atoms with E-state index in [0.717, 1.165) is 32.0 Å². The van der Waals surface area contributed by atoms with Crippen LogP contribution in [0.5, 0.6) is 0 Å². The molecule has 0 bridgehead atoms. The zero-order valence-electron chi connectivity index (χ0n) is 15.6. The van der Waals surface area contributed by atoms with Crippen molar-refractivity contribution in [1.82, 2.24) is 29.5 Å². The minimum Gasteiger partial charge on any atom is -0.337 e. The fourth-order valence-corrected chi connectivity index (χ4v) is 4.45. The van der Waals surface area contributed by atoms with Crippen LogP contribution in [0, 0.1) is 5.41 Å². The lowest BCUT2D eigenvalue weighted by Crippen LogP contribution is -2.36. The number of rotatable bonds is 6. The van der Waals surface area contributed by atoms with Crippen LogP contribution in [0.1, 0.15) is 50.7 Å². The third-order valence-electron chi connectivity index (χ3n) is 6.06. The van der Waals surface area contributed by atoms with Gasteiger partial charge < -0.3 is 9.88 Å². The predicted molar refractivity (Wildman–Crippen MR) is 98.0 cm³/mol. The van der Waals surface area contributed by atoms with E-state index in [1.807, 2.05) is 18.6 Å². The molecule has 6 heteroatoms. The van der Waals surface area contributed by atoms with E-state index in [1.54, 1.807) is 0 Å². The molecule has 1 N–H and O–H groups in total. The summed E-state index contributed by atoms with van der Waals surface area (Å²) in [5.41, 5.74) is 1.83. The Balaban J connectivity index is 1.56. The number of hydrogen-bond donors (Lipinski definition) is 1. The van der Waals surface area contributed by atoms with Gasteiger partial charge in [0.05, 0.1) is 12.2 Å². The smallest absolute Gasteiger partial charge is 0.122 e. The lowest BCUT2D eigenvalue weighted by molar-refractivity contribution is 0.177. The maximum atomic E-state index is 4.57. The van der Waals surface area contributed by atoms with Crippen LogP contribution in [0.4, 0.5) is 0 Å². The molecule has 2 aromatic rings. The van der Waals surface area contributed by atoms with Gasteiger partial charge in [0.1, 0.15) is 5.82 Å². The second-order valence-electron chi connectivity index (χ2n) is 8.05. The minimum absolute atomic E-state index is 0.395. The van der Waals surface area contributed by atoms with Gasteiger partial charge in [-0.05, 0) is 57.7 Å². The summed E-state index contributed by atoms with van der Waals surface area (Å²) in [5.74, 6) is 1.14. The number of hydrogen-bond acceptors (Lipinski definition) is 4. The first kappa shape index (κ1) is 16.8. The van der Waals surface area contributed by atoms with Crippen LogP contribution in [0.2, 0.25) is 0 Å². The third-order valence-corrected chi connectivity index (χ3v) is 6.06. The molecule has 6 nitrogen and oxygen atoms in total. The van der Waals surface area contributed by atoms with Crippen LogP contribution in [0.15, 0.2) is 24.7 Å². The summed E-state index contributed by atoms with van der Waals surface area (Å²) in [6.45, 7) is 8.58. The van der Waals surface area contributed by atoms with Gasteiger partial charge in [0.25, 0.3) is 0 Å². The molecule has 3 heterocycles. The van der Waals surface area contributed by atoms with Crippen molar-refractivity contribution < 1.29 is 0 Å². The third kappa shape index (κ3) is 3.25. The Morgan fingerprint density at radius 1 is 1.28 bits per heavy atom. The summed E-state index contributed by atoms with van der Waals surface area (Å²) >= 11 is 0. The van der Waals surface area contributed by atoms with E-state index in [1.165, 1.54) is 25.0 Å². The van der Waals surface area contributed by atoms with Crippen LogP contribution in [-0.4, -0.2) is 43.4 Å². The number of imidazole rings is 1. The average molecular weight is 342 g/mol. The highest BCUT2D eigenvalue weighted by Gasteiger charge is 2.56. The van der Waals surface area contributed by atoms with Gasteiger partial charge in [-0.3, -0.25) is 9.58 Å². The van der Waals surface area contributed by atoms with E-state index in [4.69, 9.17) is 0 Å². The molecule has 1 atom stereocenters. The molecule has 0 radical (unpaired) electrons. The molecule has 1 unspecified atom stereocenters.